The summed E-state index contributed by atoms with van der Waals surface area (Å²) >= 11 is 0. The molecule has 2 aliphatic rings. The summed E-state index contributed by atoms with van der Waals surface area (Å²) in [5.74, 6) is 0.261. The number of aromatic nitrogens is 3. The molecule has 5 aromatic rings. The number of hydrogen-bond acceptors (Lipinski definition) is 8. The highest BCUT2D eigenvalue weighted by Crippen LogP contribution is 2.34. The number of aryl methyl sites for hydroxylation is 1. The number of carbonyl (C=O) groups is 2. The van der Waals surface area contributed by atoms with Crippen LogP contribution in [0, 0.1) is 11.8 Å². The first kappa shape index (κ1) is 36.8. The van der Waals surface area contributed by atoms with Crippen molar-refractivity contribution in [2.24, 2.45) is 18.9 Å². The van der Waals surface area contributed by atoms with Gasteiger partial charge in [0.2, 0.25) is 17.7 Å². The molecule has 54 heavy (non-hydrogen) atoms. The number of ether oxygens (including phenoxy) is 3. The van der Waals surface area contributed by atoms with Crippen molar-refractivity contribution in [1.29, 1.82) is 0 Å². The van der Waals surface area contributed by atoms with Crippen molar-refractivity contribution in [2.45, 2.75) is 77.7 Å². The third-order valence-electron chi connectivity index (χ3n) is 10.2. The van der Waals surface area contributed by atoms with Gasteiger partial charge < -0.3 is 24.4 Å². The molecule has 11 heteroatoms. The molecule has 0 bridgehead atoms. The second-order valence-electron chi connectivity index (χ2n) is 15.4. The Bertz CT molecular complexity index is 2150. The lowest BCUT2D eigenvalue weighted by molar-refractivity contribution is -0.159. The molecular weight excluding hydrogens is 683 g/mol. The van der Waals surface area contributed by atoms with Gasteiger partial charge in [-0.15, -0.1) is 0 Å². The van der Waals surface area contributed by atoms with Gasteiger partial charge >= 0.3 is 11.7 Å². The number of benzene rings is 3. The number of imidazole rings is 1. The molecule has 1 atom stereocenters. The normalized spacial score (nSPS) is 18.7. The zero-order valence-corrected chi connectivity index (χ0v) is 31.5. The number of hydrogen-bond donors (Lipinski definition) is 1. The van der Waals surface area contributed by atoms with Crippen LogP contribution in [0.3, 0.4) is 0 Å². The second kappa shape index (κ2) is 15.8. The Morgan fingerprint density at radius 3 is 2.13 bits per heavy atom. The van der Waals surface area contributed by atoms with Crippen LogP contribution < -0.4 is 20.5 Å². The van der Waals surface area contributed by atoms with Crippen molar-refractivity contribution in [3.63, 3.8) is 0 Å². The molecule has 2 fully saturated rings. The molecule has 0 unspecified atom stereocenters. The molecule has 0 radical (unpaired) electrons. The van der Waals surface area contributed by atoms with Crippen LogP contribution in [-0.2, 0) is 34.6 Å². The summed E-state index contributed by atoms with van der Waals surface area (Å²) in [6.07, 6.45) is 3.79. The van der Waals surface area contributed by atoms with Gasteiger partial charge in [0.15, 0.2) is 0 Å². The summed E-state index contributed by atoms with van der Waals surface area (Å²) in [6.45, 7) is 7.22. The molecule has 0 spiro atoms. The summed E-state index contributed by atoms with van der Waals surface area (Å²) in [5.41, 5.74) is 4.07. The number of esters is 1. The van der Waals surface area contributed by atoms with Gasteiger partial charge in [-0.2, -0.15) is 4.98 Å². The maximum absolute atomic E-state index is 14.0. The number of nitrogens with zero attached hydrogens (tertiary/aromatic N) is 4. The van der Waals surface area contributed by atoms with Crippen molar-refractivity contribution in [2.75, 3.05) is 18.4 Å². The molecule has 2 aromatic heterocycles. The summed E-state index contributed by atoms with van der Waals surface area (Å²) < 4.78 is 21.2. The lowest BCUT2D eigenvalue weighted by Crippen LogP contribution is -2.39. The van der Waals surface area contributed by atoms with Crippen LogP contribution in [0.2, 0.25) is 0 Å². The molecule has 1 saturated carbocycles. The van der Waals surface area contributed by atoms with Gasteiger partial charge in [0.05, 0.1) is 22.6 Å². The number of fused-ring (bicyclic) bond motifs is 1. The summed E-state index contributed by atoms with van der Waals surface area (Å²) in [4.78, 5) is 46.7. The lowest BCUT2D eigenvalue weighted by atomic mass is 9.85. The molecular formula is C43H49N5O6. The Balaban J connectivity index is 1.07. The summed E-state index contributed by atoms with van der Waals surface area (Å²) in [7, 11) is 1.78. The van der Waals surface area contributed by atoms with E-state index in [2.05, 4.69) is 5.32 Å². The van der Waals surface area contributed by atoms with E-state index in [4.69, 9.17) is 19.2 Å². The van der Waals surface area contributed by atoms with Crippen LogP contribution in [0.5, 0.6) is 11.8 Å². The summed E-state index contributed by atoms with van der Waals surface area (Å²) in [6, 6.07) is 29.3. The number of anilines is 1. The van der Waals surface area contributed by atoms with Crippen molar-refractivity contribution >= 4 is 28.6 Å². The first-order valence-corrected chi connectivity index (χ1v) is 18.9. The Kier molecular flexibility index (Phi) is 10.8. The number of carbonyl (C=O) groups excluding carboxylic acids is 2. The van der Waals surface area contributed by atoms with Gasteiger partial charge in [0, 0.05) is 38.2 Å². The van der Waals surface area contributed by atoms with E-state index in [0.717, 1.165) is 48.0 Å². The van der Waals surface area contributed by atoms with Crippen LogP contribution in [0.25, 0.3) is 16.7 Å². The second-order valence-corrected chi connectivity index (χ2v) is 15.4. The third-order valence-corrected chi connectivity index (χ3v) is 10.2. The van der Waals surface area contributed by atoms with Gasteiger partial charge in [-0.3, -0.25) is 18.7 Å². The van der Waals surface area contributed by atoms with Crippen LogP contribution in [0.4, 0.5) is 5.69 Å². The molecule has 1 aliphatic carbocycles. The van der Waals surface area contributed by atoms with Gasteiger partial charge in [0.1, 0.15) is 24.5 Å². The van der Waals surface area contributed by atoms with E-state index < -0.39 is 5.60 Å². The molecule has 3 heterocycles. The predicted octanol–water partition coefficient (Wildman–Crippen LogP) is 7.04. The highest BCUT2D eigenvalue weighted by atomic mass is 16.6. The number of pyridine rings is 1. The fourth-order valence-corrected chi connectivity index (χ4v) is 7.49. The molecule has 11 nitrogen and oxygen atoms in total. The Morgan fingerprint density at radius 1 is 0.796 bits per heavy atom. The van der Waals surface area contributed by atoms with Crippen molar-refractivity contribution in [3.05, 3.63) is 113 Å². The van der Waals surface area contributed by atoms with Gasteiger partial charge in [0.25, 0.3) is 0 Å². The van der Waals surface area contributed by atoms with E-state index in [-0.39, 0.29) is 47.9 Å². The topological polar surface area (TPSA) is 117 Å². The SMILES string of the molecule is Cn1c(=O)n(-c2ccc(OCc3ccccc3)nc2OCc2ccccc2)c2cccc(N[C@H]3CC[C@H](C(=O)N4CC[C@H](C(=O)OC(C)(C)C)C4)CC3)c21. The molecule has 1 aliphatic heterocycles. The van der Waals surface area contributed by atoms with E-state index in [1.165, 1.54) is 0 Å². The Morgan fingerprint density at radius 2 is 1.46 bits per heavy atom. The Hall–Kier alpha value is -5.58. The largest absolute Gasteiger partial charge is 0.473 e. The monoisotopic (exact) mass is 731 g/mol. The number of para-hydroxylation sites is 1. The quantitative estimate of drug-likeness (QED) is 0.144. The molecule has 282 valence electrons. The van der Waals surface area contributed by atoms with E-state index in [0.29, 0.717) is 43.2 Å². The maximum atomic E-state index is 14.0. The van der Waals surface area contributed by atoms with Gasteiger partial charge in [-0.05, 0) is 82.2 Å². The zero-order chi connectivity index (χ0) is 37.8. The third kappa shape index (κ3) is 8.30. The Labute approximate surface area is 315 Å². The van der Waals surface area contributed by atoms with Crippen LogP contribution in [0.15, 0.2) is 95.8 Å². The van der Waals surface area contributed by atoms with Gasteiger partial charge in [-0.25, -0.2) is 4.79 Å². The average Bonchev–Trinajstić information content (AvgIpc) is 3.77. The summed E-state index contributed by atoms with van der Waals surface area (Å²) in [5, 5.41) is 3.71. The number of amides is 1. The first-order valence-electron chi connectivity index (χ1n) is 18.9. The fraction of sp³-hybridized carbons (Fsp3) is 0.395. The average molecular weight is 732 g/mol. The van der Waals surface area contributed by atoms with Crippen molar-refractivity contribution in [1.82, 2.24) is 19.0 Å². The van der Waals surface area contributed by atoms with Crippen LogP contribution >= 0.6 is 0 Å². The van der Waals surface area contributed by atoms with Gasteiger partial charge in [-0.1, -0.05) is 66.7 Å². The fourth-order valence-electron chi connectivity index (χ4n) is 7.49. The molecule has 1 N–H and O–H groups in total. The van der Waals surface area contributed by atoms with Crippen molar-refractivity contribution < 1.29 is 23.8 Å². The van der Waals surface area contributed by atoms with E-state index >= 15 is 0 Å². The van der Waals surface area contributed by atoms with E-state index in [9.17, 15) is 14.4 Å². The standard InChI is InChI=1S/C43H49N5O6/c1-43(2,3)54-41(50)32-24-25-47(26-32)40(49)31-18-20-33(21-19-31)44-34-16-11-17-35-38(34)46(4)42(51)48(35)36-22-23-37(52-27-29-12-7-5-8-13-29)45-39(36)53-28-30-14-9-6-10-15-30/h5-17,22-23,31-33,44H,18-21,24-28H2,1-4H3/t31-,32-,33-/m0/s1. The highest BCUT2D eigenvalue weighted by Gasteiger charge is 2.37. The molecule has 1 saturated heterocycles. The van der Waals surface area contributed by atoms with E-state index in [1.807, 2.05) is 111 Å². The minimum absolute atomic E-state index is 0.0666. The minimum Gasteiger partial charge on any atom is -0.473 e. The minimum atomic E-state index is -0.542. The van der Waals surface area contributed by atoms with Crippen LogP contribution in [-0.4, -0.2) is 55.6 Å². The zero-order valence-electron chi connectivity index (χ0n) is 31.5. The smallest absolute Gasteiger partial charge is 0.333 e. The van der Waals surface area contributed by atoms with Crippen molar-refractivity contribution in [3.8, 4) is 17.4 Å². The predicted molar refractivity (Wildman–Crippen MR) is 208 cm³/mol. The lowest BCUT2D eigenvalue weighted by Gasteiger charge is -2.31. The first-order chi connectivity index (χ1) is 26.0. The molecule has 1 amide bonds. The van der Waals surface area contributed by atoms with E-state index in [1.54, 1.807) is 22.2 Å². The molecule has 3 aromatic carbocycles. The van der Waals surface area contributed by atoms with Crippen LogP contribution in [0.1, 0.15) is 64.0 Å². The molecule has 7 rings (SSSR count). The maximum Gasteiger partial charge on any atom is 0.333 e. The number of likely N-dealkylation sites (tertiary alicyclic amines) is 1. The number of nitrogens with one attached hydrogen (secondary N) is 1. The number of rotatable bonds is 11. The highest BCUT2D eigenvalue weighted by molar-refractivity contribution is 5.90.